The molecule has 0 bridgehead atoms. The van der Waals surface area contributed by atoms with E-state index in [1.807, 2.05) is 25.8 Å². The van der Waals surface area contributed by atoms with E-state index >= 15 is 0 Å². The van der Waals surface area contributed by atoms with Crippen LogP contribution in [-0.2, 0) is 28.5 Å². The van der Waals surface area contributed by atoms with Gasteiger partial charge in [-0.2, -0.15) is 0 Å². The highest BCUT2D eigenvalue weighted by Gasteiger charge is 2.55. The lowest BCUT2D eigenvalue weighted by Crippen LogP contribution is -2.62. The highest BCUT2D eigenvalue weighted by atomic mass is 16.7. The molecule has 9 unspecified atom stereocenters. The maximum atomic E-state index is 14.3. The van der Waals surface area contributed by atoms with Crippen molar-refractivity contribution in [2.75, 3.05) is 20.7 Å². The van der Waals surface area contributed by atoms with Crippen molar-refractivity contribution < 1.29 is 59.2 Å². The molecule has 0 aromatic carbocycles. The molecule has 18 atom stereocenters. The van der Waals surface area contributed by atoms with Crippen molar-refractivity contribution in [2.24, 2.45) is 34.7 Å². The Labute approximate surface area is 322 Å². The van der Waals surface area contributed by atoms with Gasteiger partial charge in [-0.25, -0.2) is 0 Å². The normalized spacial score (nSPS) is 48.2. The monoisotopic (exact) mass is 770 g/mol. The summed E-state index contributed by atoms with van der Waals surface area (Å²) in [4.78, 5) is 16.3. The minimum atomic E-state index is -1.96. The molecule has 3 heterocycles. The van der Waals surface area contributed by atoms with Gasteiger partial charge in [-0.05, 0) is 66.8 Å². The van der Waals surface area contributed by atoms with Gasteiger partial charge in [-0.15, -0.1) is 12.3 Å². The molecule has 3 saturated heterocycles. The quantitative estimate of drug-likeness (QED) is 0.0913. The lowest BCUT2D eigenvalue weighted by Gasteiger charge is -2.51. The molecule has 3 rings (SSSR count). The Bertz CT molecular complexity index is 1310. The molecule has 54 heavy (non-hydrogen) atoms. The maximum Gasteiger partial charge on any atom is 0.309 e. The van der Waals surface area contributed by atoms with Crippen LogP contribution in [0.25, 0.3) is 0 Å². The van der Waals surface area contributed by atoms with Crippen molar-refractivity contribution in [3.8, 4) is 12.3 Å². The van der Waals surface area contributed by atoms with Gasteiger partial charge >= 0.3 is 5.97 Å². The zero-order valence-electron chi connectivity index (χ0n) is 34.5. The predicted molar refractivity (Wildman–Crippen MR) is 201 cm³/mol. The average molecular weight is 771 g/mol. The van der Waals surface area contributed by atoms with Crippen LogP contribution in [0.2, 0.25) is 0 Å². The van der Waals surface area contributed by atoms with E-state index in [-0.39, 0.29) is 37.1 Å². The molecular formula is C40H70N2O12. The second kappa shape index (κ2) is 18.6. The van der Waals surface area contributed by atoms with Crippen LogP contribution in [-0.4, -0.2) is 146 Å². The number of hydrogen-bond acceptors (Lipinski definition) is 14. The van der Waals surface area contributed by atoms with Gasteiger partial charge in [-0.3, -0.25) is 9.69 Å². The number of terminal acetylenes is 1. The molecule has 0 radical (unpaired) electrons. The molecular weight excluding hydrogens is 700 g/mol. The Morgan fingerprint density at radius 2 is 1.63 bits per heavy atom. The maximum absolute atomic E-state index is 14.3. The summed E-state index contributed by atoms with van der Waals surface area (Å²) in [5.74, 6) is -2.06. The third kappa shape index (κ3) is 9.79. The van der Waals surface area contributed by atoms with Crippen LogP contribution in [0.3, 0.4) is 0 Å². The van der Waals surface area contributed by atoms with E-state index in [9.17, 15) is 35.5 Å². The number of carbonyl (C=O) groups excluding carboxylic acids is 1. The number of likely N-dealkylation sites (N-methyl/N-ethyl adjacent to an activating group) is 1. The van der Waals surface area contributed by atoms with Gasteiger partial charge in [0, 0.05) is 50.3 Å². The number of hydrogen-bond donors (Lipinski definition) is 6. The minimum Gasteiger partial charge on any atom is -0.459 e. The van der Waals surface area contributed by atoms with Crippen LogP contribution < -0.4 is 0 Å². The number of rotatable bonds is 8. The summed E-state index contributed by atoms with van der Waals surface area (Å²) in [6.07, 6.45) is -2.14. The second-order valence-electron chi connectivity index (χ2n) is 17.2. The molecule has 0 spiro atoms. The topological polar surface area (TPSA) is 200 Å². The largest absolute Gasteiger partial charge is 0.459 e. The van der Waals surface area contributed by atoms with Crippen molar-refractivity contribution in [1.82, 2.24) is 4.90 Å². The summed E-state index contributed by atoms with van der Waals surface area (Å²) in [6.45, 7) is 17.5. The van der Waals surface area contributed by atoms with E-state index < -0.39 is 101 Å². The van der Waals surface area contributed by atoms with Crippen LogP contribution in [0, 0.1) is 41.9 Å². The summed E-state index contributed by atoms with van der Waals surface area (Å²) in [6, 6.07) is -0.379. The molecule has 0 amide bonds. The highest BCUT2D eigenvalue weighted by molar-refractivity contribution is 5.88. The van der Waals surface area contributed by atoms with Gasteiger partial charge in [0.2, 0.25) is 0 Å². The molecule has 0 aromatic rings. The number of cyclic esters (lactones) is 1. The van der Waals surface area contributed by atoms with E-state index in [4.69, 9.17) is 30.1 Å². The second-order valence-corrected chi connectivity index (χ2v) is 17.2. The fraction of sp³-hybridized carbons (Fsp3) is 0.900. The molecule has 3 aliphatic heterocycles. The Kier molecular flexibility index (Phi) is 16.0. The smallest absolute Gasteiger partial charge is 0.309 e. The summed E-state index contributed by atoms with van der Waals surface area (Å²) in [5.41, 5.74) is -4.65. The Morgan fingerprint density at radius 1 is 1.00 bits per heavy atom. The van der Waals surface area contributed by atoms with E-state index in [2.05, 4.69) is 11.1 Å². The first-order valence-electron chi connectivity index (χ1n) is 19.6. The first kappa shape index (κ1) is 46.5. The SMILES string of the molecule is C#CCCN(C)C1CC(C)OC(O[C@@H]2[C@@H](C)C([C@H]3C[C@@](C)(OC)C(O)C(C)O3)C(C)C(=O)O[C@H](CC)[C@@](C)(O)C(O)C(C)/C(=N/O)[C@H](C)C[C@@]2(C)O)[C@@H]1O. The van der Waals surface area contributed by atoms with E-state index in [1.165, 1.54) is 14.0 Å². The number of esters is 1. The first-order valence-corrected chi connectivity index (χ1v) is 19.6. The van der Waals surface area contributed by atoms with Gasteiger partial charge < -0.3 is 54.4 Å². The number of carbonyl (C=O) groups is 1. The fourth-order valence-electron chi connectivity index (χ4n) is 9.49. The Morgan fingerprint density at radius 3 is 2.19 bits per heavy atom. The molecule has 6 N–H and O–H groups in total. The molecule has 0 saturated carbocycles. The Balaban J connectivity index is 2.25. The van der Waals surface area contributed by atoms with Crippen molar-refractivity contribution >= 4 is 11.7 Å². The number of nitrogens with zero attached hydrogens (tertiary/aromatic N) is 2. The standard InChI is InChI=1S/C40H70N2O12/c1-14-16-17-42(12)27-18-22(4)51-37(32(27)43)54-35-23(5)30(28-20-39(10,50-13)34(45)26(8)52-28)24(6)36(46)53-29(15-2)40(11,48)33(44)25(7)31(41-49)21(3)19-38(35,9)47/h1,21-30,32-35,37,43-45,47-49H,15-20H2,2-13H3/b41-31+/t21-,22?,23+,24?,25?,26?,27?,28-,29-,30?,32-,33?,34?,35-,37?,38-,39-,40-/m1/s1. The summed E-state index contributed by atoms with van der Waals surface area (Å²) >= 11 is 0. The lowest BCUT2D eigenvalue weighted by atomic mass is 9.67. The van der Waals surface area contributed by atoms with Crippen LogP contribution in [0.4, 0.5) is 0 Å². The molecule has 14 nitrogen and oxygen atoms in total. The number of methoxy groups -OCH3 is 1. The molecule has 14 heteroatoms. The van der Waals surface area contributed by atoms with Crippen LogP contribution >= 0.6 is 0 Å². The number of aliphatic hydroxyl groups excluding tert-OH is 3. The molecule has 0 aliphatic carbocycles. The zero-order valence-corrected chi connectivity index (χ0v) is 34.5. The molecule has 3 fully saturated rings. The number of oxime groups is 1. The highest BCUT2D eigenvalue weighted by Crippen LogP contribution is 2.45. The van der Waals surface area contributed by atoms with Crippen molar-refractivity contribution in [2.45, 2.75) is 179 Å². The number of ether oxygens (including phenoxy) is 5. The number of aliphatic hydroxyl groups is 5. The minimum absolute atomic E-state index is 0.0519. The third-order valence-electron chi connectivity index (χ3n) is 12.8. The van der Waals surface area contributed by atoms with Gasteiger partial charge in [0.05, 0.1) is 53.4 Å². The van der Waals surface area contributed by atoms with Crippen LogP contribution in [0.15, 0.2) is 5.16 Å². The van der Waals surface area contributed by atoms with Crippen LogP contribution in [0.5, 0.6) is 0 Å². The van der Waals surface area contributed by atoms with E-state index in [0.29, 0.717) is 19.4 Å². The third-order valence-corrected chi connectivity index (χ3v) is 12.8. The van der Waals surface area contributed by atoms with Crippen molar-refractivity contribution in [1.29, 1.82) is 0 Å². The van der Waals surface area contributed by atoms with Crippen LogP contribution in [0.1, 0.15) is 101 Å². The van der Waals surface area contributed by atoms with Crippen molar-refractivity contribution in [3.63, 3.8) is 0 Å². The lowest BCUT2D eigenvalue weighted by molar-refractivity contribution is -0.302. The van der Waals surface area contributed by atoms with Crippen molar-refractivity contribution in [3.05, 3.63) is 0 Å². The fourth-order valence-corrected chi connectivity index (χ4v) is 9.49. The summed E-state index contributed by atoms with van der Waals surface area (Å²) in [7, 11) is 3.38. The predicted octanol–water partition coefficient (Wildman–Crippen LogP) is 2.71. The molecule has 312 valence electrons. The van der Waals surface area contributed by atoms with Gasteiger partial charge in [-0.1, -0.05) is 39.8 Å². The molecule has 0 aromatic heterocycles. The zero-order chi connectivity index (χ0) is 41.1. The van der Waals surface area contributed by atoms with Gasteiger partial charge in [0.25, 0.3) is 0 Å². The summed E-state index contributed by atoms with van der Waals surface area (Å²) in [5, 5.41) is 72.7. The average Bonchev–Trinajstić information content (AvgIpc) is 3.10. The molecule has 3 aliphatic rings. The van der Waals surface area contributed by atoms with E-state index in [0.717, 1.165) is 0 Å². The Hall–Kier alpha value is -1.90. The first-order chi connectivity index (χ1) is 25.0. The van der Waals surface area contributed by atoms with Gasteiger partial charge in [0.15, 0.2) is 6.29 Å². The van der Waals surface area contributed by atoms with E-state index in [1.54, 1.807) is 48.5 Å². The van der Waals surface area contributed by atoms with Gasteiger partial charge in [0.1, 0.15) is 23.9 Å². The summed E-state index contributed by atoms with van der Waals surface area (Å²) < 4.78 is 31.4.